The van der Waals surface area contributed by atoms with E-state index >= 15 is 0 Å². The lowest BCUT2D eigenvalue weighted by molar-refractivity contribution is 0.606. The van der Waals surface area contributed by atoms with Crippen molar-refractivity contribution in [2.45, 2.75) is 33.9 Å². The Labute approximate surface area is 113 Å². The van der Waals surface area contributed by atoms with E-state index in [1.165, 1.54) is 0 Å². The van der Waals surface area contributed by atoms with Gasteiger partial charge < -0.3 is 9.88 Å². The summed E-state index contributed by atoms with van der Waals surface area (Å²) in [4.78, 5) is 4.18. The molecule has 0 aliphatic carbocycles. The lowest BCUT2D eigenvalue weighted by atomic mass is 10.1. The molecule has 0 unspecified atom stereocenters. The fraction of sp³-hybridized carbons (Fsp3) is 0.400. The van der Waals surface area contributed by atoms with Crippen molar-refractivity contribution in [3.05, 3.63) is 52.9 Å². The summed E-state index contributed by atoms with van der Waals surface area (Å²) in [6.07, 6.45) is 3.69. The summed E-state index contributed by atoms with van der Waals surface area (Å²) in [5.74, 6) is -0.109. The Morgan fingerprint density at radius 2 is 1.95 bits per heavy atom. The van der Waals surface area contributed by atoms with Crippen LogP contribution in [0.4, 0.5) is 4.39 Å². The van der Waals surface area contributed by atoms with E-state index < -0.39 is 0 Å². The first-order chi connectivity index (χ1) is 9.11. The normalized spacial score (nSPS) is 10.9. The molecule has 2 aromatic rings. The molecular weight excluding hydrogens is 241 g/mol. The Kier molecular flexibility index (Phi) is 4.32. The number of halogens is 1. The molecule has 0 atom stereocenters. The van der Waals surface area contributed by atoms with Crippen molar-refractivity contribution < 1.29 is 4.39 Å². The second-order valence-corrected chi connectivity index (χ2v) is 4.84. The molecule has 0 aliphatic rings. The molecule has 0 fully saturated rings. The second-order valence-electron chi connectivity index (χ2n) is 4.84. The molecule has 102 valence electrons. The molecule has 1 aromatic heterocycles. The zero-order valence-corrected chi connectivity index (χ0v) is 11.7. The molecular formula is C15H20FN3. The predicted molar refractivity (Wildman–Crippen MR) is 74.6 cm³/mol. The molecule has 0 aliphatic heterocycles. The van der Waals surface area contributed by atoms with E-state index in [2.05, 4.69) is 21.8 Å². The summed E-state index contributed by atoms with van der Waals surface area (Å²) >= 11 is 0. The van der Waals surface area contributed by atoms with Crippen molar-refractivity contribution >= 4 is 0 Å². The molecule has 0 saturated carbocycles. The maximum absolute atomic E-state index is 13.6. The highest BCUT2D eigenvalue weighted by molar-refractivity contribution is 5.30. The van der Waals surface area contributed by atoms with Gasteiger partial charge in [-0.3, -0.25) is 0 Å². The lowest BCUT2D eigenvalue weighted by Gasteiger charge is -2.11. The van der Waals surface area contributed by atoms with Gasteiger partial charge in [0.2, 0.25) is 0 Å². The van der Waals surface area contributed by atoms with Crippen LogP contribution in [0, 0.1) is 19.7 Å². The third-order valence-electron chi connectivity index (χ3n) is 3.20. The van der Waals surface area contributed by atoms with Crippen LogP contribution in [-0.4, -0.2) is 16.1 Å². The SMILES string of the molecule is CCNCc1cncn1Cc1cc(C)c(F)c(C)c1. The van der Waals surface area contributed by atoms with Gasteiger partial charge in [-0.2, -0.15) is 0 Å². The zero-order chi connectivity index (χ0) is 13.8. The van der Waals surface area contributed by atoms with E-state index in [4.69, 9.17) is 0 Å². The monoisotopic (exact) mass is 261 g/mol. The predicted octanol–water partition coefficient (Wildman–Crippen LogP) is 2.80. The van der Waals surface area contributed by atoms with E-state index in [0.717, 1.165) is 30.9 Å². The molecule has 0 saturated heterocycles. The molecule has 0 radical (unpaired) electrons. The van der Waals surface area contributed by atoms with Crippen LogP contribution in [0.3, 0.4) is 0 Å². The first-order valence-electron chi connectivity index (χ1n) is 6.57. The van der Waals surface area contributed by atoms with Crippen LogP contribution in [0.15, 0.2) is 24.7 Å². The summed E-state index contributed by atoms with van der Waals surface area (Å²) in [7, 11) is 0. The number of nitrogens with zero attached hydrogens (tertiary/aromatic N) is 2. The molecule has 2 rings (SSSR count). The molecule has 1 heterocycles. The number of nitrogens with one attached hydrogen (secondary N) is 1. The molecule has 0 amide bonds. The van der Waals surface area contributed by atoms with Gasteiger partial charge in [-0.05, 0) is 37.1 Å². The van der Waals surface area contributed by atoms with Gasteiger partial charge in [0, 0.05) is 19.3 Å². The zero-order valence-electron chi connectivity index (χ0n) is 11.7. The smallest absolute Gasteiger partial charge is 0.129 e. The summed E-state index contributed by atoms with van der Waals surface area (Å²) in [6.45, 7) is 8.14. The number of imidazole rings is 1. The molecule has 0 bridgehead atoms. The fourth-order valence-corrected chi connectivity index (χ4v) is 2.21. The van der Waals surface area contributed by atoms with Crippen LogP contribution in [-0.2, 0) is 13.1 Å². The minimum Gasteiger partial charge on any atom is -0.329 e. The molecule has 4 heteroatoms. The summed E-state index contributed by atoms with van der Waals surface area (Å²) in [5, 5.41) is 3.29. The van der Waals surface area contributed by atoms with E-state index in [1.54, 1.807) is 13.8 Å². The Hall–Kier alpha value is -1.68. The van der Waals surface area contributed by atoms with E-state index in [9.17, 15) is 4.39 Å². The highest BCUT2D eigenvalue weighted by Crippen LogP contribution is 2.16. The number of aromatic nitrogens is 2. The summed E-state index contributed by atoms with van der Waals surface area (Å²) < 4.78 is 15.7. The maximum atomic E-state index is 13.6. The number of benzene rings is 1. The van der Waals surface area contributed by atoms with Crippen LogP contribution in [0.1, 0.15) is 29.3 Å². The van der Waals surface area contributed by atoms with Crippen molar-refractivity contribution in [2.75, 3.05) is 6.54 Å². The van der Waals surface area contributed by atoms with Crippen LogP contribution in [0.25, 0.3) is 0 Å². The topological polar surface area (TPSA) is 29.9 Å². The highest BCUT2D eigenvalue weighted by atomic mass is 19.1. The van der Waals surface area contributed by atoms with Crippen molar-refractivity contribution in [2.24, 2.45) is 0 Å². The minimum atomic E-state index is -0.109. The number of hydrogen-bond donors (Lipinski definition) is 1. The second kappa shape index (κ2) is 5.97. The van der Waals surface area contributed by atoms with Gasteiger partial charge in [0.05, 0.1) is 12.0 Å². The van der Waals surface area contributed by atoms with Gasteiger partial charge in [-0.1, -0.05) is 19.1 Å². The third-order valence-corrected chi connectivity index (χ3v) is 3.20. The van der Waals surface area contributed by atoms with E-state index in [0.29, 0.717) is 11.1 Å². The van der Waals surface area contributed by atoms with Gasteiger partial charge in [-0.15, -0.1) is 0 Å². The number of aryl methyl sites for hydroxylation is 2. The van der Waals surface area contributed by atoms with Crippen LogP contribution in [0.2, 0.25) is 0 Å². The van der Waals surface area contributed by atoms with Gasteiger partial charge in [0.1, 0.15) is 5.82 Å². The van der Waals surface area contributed by atoms with E-state index in [1.807, 2.05) is 24.7 Å². The average Bonchev–Trinajstić information content (AvgIpc) is 2.80. The summed E-state index contributed by atoms with van der Waals surface area (Å²) in [5.41, 5.74) is 3.64. The van der Waals surface area contributed by atoms with Gasteiger partial charge in [0.15, 0.2) is 0 Å². The number of rotatable bonds is 5. The standard InChI is InChI=1S/C15H20FN3/c1-4-17-7-14-8-18-10-19(14)9-13-5-11(2)15(16)12(3)6-13/h5-6,8,10,17H,4,7,9H2,1-3H3. The molecule has 1 N–H and O–H groups in total. The van der Waals surface area contributed by atoms with Gasteiger partial charge in [0.25, 0.3) is 0 Å². The fourth-order valence-electron chi connectivity index (χ4n) is 2.21. The van der Waals surface area contributed by atoms with Crippen molar-refractivity contribution in [1.82, 2.24) is 14.9 Å². The quantitative estimate of drug-likeness (QED) is 0.897. The Morgan fingerprint density at radius 3 is 2.58 bits per heavy atom. The Morgan fingerprint density at radius 1 is 1.26 bits per heavy atom. The van der Waals surface area contributed by atoms with Crippen LogP contribution < -0.4 is 5.32 Å². The highest BCUT2D eigenvalue weighted by Gasteiger charge is 2.07. The van der Waals surface area contributed by atoms with Gasteiger partial charge in [-0.25, -0.2) is 9.37 Å². The third kappa shape index (κ3) is 3.20. The Balaban J connectivity index is 2.19. The minimum absolute atomic E-state index is 0.109. The molecule has 1 aromatic carbocycles. The lowest BCUT2D eigenvalue weighted by Crippen LogP contribution is -2.15. The summed E-state index contributed by atoms with van der Waals surface area (Å²) in [6, 6.07) is 3.80. The van der Waals surface area contributed by atoms with Crippen molar-refractivity contribution in [3.63, 3.8) is 0 Å². The molecule has 3 nitrogen and oxygen atoms in total. The van der Waals surface area contributed by atoms with Crippen LogP contribution >= 0.6 is 0 Å². The number of hydrogen-bond acceptors (Lipinski definition) is 2. The van der Waals surface area contributed by atoms with Gasteiger partial charge >= 0.3 is 0 Å². The van der Waals surface area contributed by atoms with Crippen molar-refractivity contribution in [3.8, 4) is 0 Å². The maximum Gasteiger partial charge on any atom is 0.129 e. The van der Waals surface area contributed by atoms with Crippen LogP contribution in [0.5, 0.6) is 0 Å². The van der Waals surface area contributed by atoms with E-state index in [-0.39, 0.29) is 5.82 Å². The first-order valence-corrected chi connectivity index (χ1v) is 6.57. The largest absolute Gasteiger partial charge is 0.329 e. The van der Waals surface area contributed by atoms with Crippen molar-refractivity contribution in [1.29, 1.82) is 0 Å². The molecule has 19 heavy (non-hydrogen) atoms. The molecule has 0 spiro atoms. The average molecular weight is 261 g/mol. The Bertz CT molecular complexity index is 537. The first kappa shape index (κ1) is 13.7.